The third-order valence-electron chi connectivity index (χ3n) is 4.11. The average Bonchev–Trinajstić information content (AvgIpc) is 2.90. The van der Waals surface area contributed by atoms with Gasteiger partial charge < -0.3 is 15.5 Å². The van der Waals surface area contributed by atoms with E-state index in [1.807, 2.05) is 0 Å². The van der Waals surface area contributed by atoms with Gasteiger partial charge in [-0.25, -0.2) is 0 Å². The molecule has 21 heavy (non-hydrogen) atoms. The van der Waals surface area contributed by atoms with Crippen LogP contribution >= 0.6 is 12.4 Å². The van der Waals surface area contributed by atoms with Crippen LogP contribution in [0, 0.1) is 0 Å². The van der Waals surface area contributed by atoms with Gasteiger partial charge in [0.2, 0.25) is 0 Å². The molecule has 120 valence electrons. The van der Waals surface area contributed by atoms with Gasteiger partial charge in [0.25, 0.3) is 5.91 Å². The zero-order valence-corrected chi connectivity index (χ0v) is 13.8. The van der Waals surface area contributed by atoms with E-state index >= 15 is 0 Å². The summed E-state index contributed by atoms with van der Waals surface area (Å²) in [7, 11) is 2.08. The number of aromatic nitrogens is 2. The molecule has 0 saturated carbocycles. The van der Waals surface area contributed by atoms with Crippen LogP contribution in [-0.4, -0.2) is 53.7 Å². The van der Waals surface area contributed by atoms with Gasteiger partial charge >= 0.3 is 0 Å². The van der Waals surface area contributed by atoms with Crippen LogP contribution in [0.25, 0.3) is 0 Å². The van der Waals surface area contributed by atoms with Crippen molar-refractivity contribution in [2.24, 2.45) is 0 Å². The van der Waals surface area contributed by atoms with Crippen LogP contribution in [-0.2, 0) is 13.0 Å². The summed E-state index contributed by atoms with van der Waals surface area (Å²) in [5.41, 5.74) is 2.65. The van der Waals surface area contributed by atoms with Crippen molar-refractivity contribution in [2.45, 2.75) is 39.3 Å². The van der Waals surface area contributed by atoms with Gasteiger partial charge in [-0.1, -0.05) is 6.92 Å². The van der Waals surface area contributed by atoms with Crippen molar-refractivity contribution >= 4 is 18.3 Å². The van der Waals surface area contributed by atoms with Crippen LogP contribution in [0.1, 0.15) is 42.0 Å². The highest BCUT2D eigenvalue weighted by molar-refractivity contribution is 5.94. The molecule has 7 heteroatoms. The van der Waals surface area contributed by atoms with Crippen molar-refractivity contribution in [1.29, 1.82) is 0 Å². The van der Waals surface area contributed by atoms with E-state index in [-0.39, 0.29) is 18.3 Å². The Balaban J connectivity index is 0.00000220. The van der Waals surface area contributed by atoms with Crippen LogP contribution in [0.15, 0.2) is 0 Å². The highest BCUT2D eigenvalue weighted by Crippen LogP contribution is 2.14. The lowest BCUT2D eigenvalue weighted by atomic mass is 10.1. The normalized spacial score (nSPS) is 15.2. The molecule has 6 nitrogen and oxygen atoms in total. The number of rotatable bonds is 6. The first-order valence-corrected chi connectivity index (χ1v) is 7.38. The molecule has 0 aromatic carbocycles. The maximum atomic E-state index is 12.2. The van der Waals surface area contributed by atoms with Gasteiger partial charge in [0.15, 0.2) is 5.69 Å². The third-order valence-corrected chi connectivity index (χ3v) is 4.11. The first kappa shape index (κ1) is 17.9. The number of carbonyl (C=O) groups is 1. The molecule has 0 radical (unpaired) electrons. The van der Waals surface area contributed by atoms with Crippen LogP contribution in [0.4, 0.5) is 0 Å². The van der Waals surface area contributed by atoms with Gasteiger partial charge in [-0.15, -0.1) is 12.4 Å². The number of amides is 1. The second kappa shape index (κ2) is 8.36. The molecule has 0 fully saturated rings. The summed E-state index contributed by atoms with van der Waals surface area (Å²) in [6.45, 7) is 7.53. The number of nitrogens with one attached hydrogen (secondary N) is 3. The number of nitrogens with zero attached hydrogens (tertiary/aromatic N) is 2. The standard InChI is InChI=1S/C14H25N5O.ClH/c1-4-10(2)19(3)8-7-16-14(20)13-11-9-15-6-5-12(11)17-18-13;/h10,15H,4-9H2,1-3H3,(H,16,20)(H,17,18);1H. The molecule has 0 saturated heterocycles. The van der Waals surface area contributed by atoms with Gasteiger partial charge in [-0.3, -0.25) is 9.89 Å². The fraction of sp³-hybridized carbons (Fsp3) is 0.714. The Morgan fingerprint density at radius 2 is 2.29 bits per heavy atom. The van der Waals surface area contributed by atoms with E-state index in [1.54, 1.807) is 0 Å². The van der Waals surface area contributed by atoms with Crippen molar-refractivity contribution in [3.05, 3.63) is 17.0 Å². The van der Waals surface area contributed by atoms with Gasteiger partial charge in [0, 0.05) is 49.9 Å². The number of hydrogen-bond acceptors (Lipinski definition) is 4. The maximum absolute atomic E-state index is 12.2. The monoisotopic (exact) mass is 315 g/mol. The van der Waals surface area contributed by atoms with E-state index in [1.165, 1.54) is 0 Å². The summed E-state index contributed by atoms with van der Waals surface area (Å²) >= 11 is 0. The topological polar surface area (TPSA) is 73.0 Å². The van der Waals surface area contributed by atoms with Crippen molar-refractivity contribution in [2.75, 3.05) is 26.7 Å². The van der Waals surface area contributed by atoms with Crippen molar-refractivity contribution < 1.29 is 4.79 Å². The highest BCUT2D eigenvalue weighted by atomic mass is 35.5. The fourth-order valence-corrected chi connectivity index (χ4v) is 2.37. The van der Waals surface area contributed by atoms with E-state index in [9.17, 15) is 4.79 Å². The molecule has 1 unspecified atom stereocenters. The lowest BCUT2D eigenvalue weighted by Gasteiger charge is -2.23. The number of fused-ring (bicyclic) bond motifs is 1. The Morgan fingerprint density at radius 1 is 1.52 bits per heavy atom. The lowest BCUT2D eigenvalue weighted by molar-refractivity contribution is 0.0941. The SMILES string of the molecule is CCC(C)N(C)CCNC(=O)c1n[nH]c2c1CNCC2.Cl. The largest absolute Gasteiger partial charge is 0.349 e. The number of H-pyrrole nitrogens is 1. The quantitative estimate of drug-likeness (QED) is 0.730. The summed E-state index contributed by atoms with van der Waals surface area (Å²) in [6.07, 6.45) is 2.02. The summed E-state index contributed by atoms with van der Waals surface area (Å²) < 4.78 is 0. The molecule has 2 heterocycles. The highest BCUT2D eigenvalue weighted by Gasteiger charge is 2.21. The third kappa shape index (κ3) is 4.43. The summed E-state index contributed by atoms with van der Waals surface area (Å²) in [6, 6.07) is 0.536. The van der Waals surface area contributed by atoms with Gasteiger partial charge in [0.1, 0.15) is 0 Å². The van der Waals surface area contributed by atoms with E-state index < -0.39 is 0 Å². The Kier molecular flexibility index (Phi) is 7.14. The van der Waals surface area contributed by atoms with Gasteiger partial charge in [-0.05, 0) is 20.4 Å². The molecule has 1 aliphatic rings. The summed E-state index contributed by atoms with van der Waals surface area (Å²) in [4.78, 5) is 14.4. The summed E-state index contributed by atoms with van der Waals surface area (Å²) in [5.74, 6) is -0.0799. The molecule has 0 spiro atoms. The molecule has 1 aliphatic heterocycles. The summed E-state index contributed by atoms with van der Waals surface area (Å²) in [5, 5.41) is 13.4. The number of likely N-dealkylation sites (N-methyl/N-ethyl adjacent to an activating group) is 1. The van der Waals surface area contributed by atoms with Gasteiger partial charge in [-0.2, -0.15) is 5.10 Å². The average molecular weight is 316 g/mol. The number of aromatic amines is 1. The minimum Gasteiger partial charge on any atom is -0.349 e. The minimum atomic E-state index is -0.0799. The number of hydrogen-bond donors (Lipinski definition) is 3. The predicted molar refractivity (Wildman–Crippen MR) is 86.0 cm³/mol. The zero-order valence-electron chi connectivity index (χ0n) is 13.0. The lowest BCUT2D eigenvalue weighted by Crippen LogP contribution is -2.37. The van der Waals surface area contributed by atoms with Crippen molar-refractivity contribution in [3.8, 4) is 0 Å². The Bertz CT molecular complexity index is 462. The molecule has 1 aromatic rings. The van der Waals surface area contributed by atoms with E-state index in [4.69, 9.17) is 0 Å². The number of carbonyl (C=O) groups excluding carboxylic acids is 1. The molecule has 1 amide bonds. The van der Waals surface area contributed by atoms with Crippen molar-refractivity contribution in [3.63, 3.8) is 0 Å². The first-order valence-electron chi connectivity index (χ1n) is 7.38. The van der Waals surface area contributed by atoms with E-state index in [2.05, 4.69) is 46.6 Å². The number of halogens is 1. The van der Waals surface area contributed by atoms with Crippen LogP contribution in [0.5, 0.6) is 0 Å². The smallest absolute Gasteiger partial charge is 0.272 e. The Labute approximate surface area is 132 Å². The molecule has 1 atom stereocenters. The van der Waals surface area contributed by atoms with E-state index in [0.29, 0.717) is 18.3 Å². The second-order valence-electron chi connectivity index (χ2n) is 5.45. The first-order chi connectivity index (χ1) is 9.63. The van der Waals surface area contributed by atoms with Crippen LogP contribution in [0.2, 0.25) is 0 Å². The molecule has 3 N–H and O–H groups in total. The van der Waals surface area contributed by atoms with Crippen LogP contribution < -0.4 is 10.6 Å². The Morgan fingerprint density at radius 3 is 3.00 bits per heavy atom. The maximum Gasteiger partial charge on any atom is 0.272 e. The fourth-order valence-electron chi connectivity index (χ4n) is 2.37. The second-order valence-corrected chi connectivity index (χ2v) is 5.45. The predicted octanol–water partition coefficient (Wildman–Crippen LogP) is 0.937. The molecule has 0 bridgehead atoms. The molecular formula is C14H26ClN5O. The van der Waals surface area contributed by atoms with Gasteiger partial charge in [0.05, 0.1) is 0 Å². The van der Waals surface area contributed by atoms with E-state index in [0.717, 1.165) is 43.7 Å². The Hall–Kier alpha value is -1.11. The minimum absolute atomic E-state index is 0. The molecule has 1 aromatic heterocycles. The zero-order chi connectivity index (χ0) is 14.5. The molecule has 0 aliphatic carbocycles. The molecule has 2 rings (SSSR count). The van der Waals surface area contributed by atoms with Crippen molar-refractivity contribution in [1.82, 2.24) is 25.7 Å². The molecular weight excluding hydrogens is 290 g/mol. The van der Waals surface area contributed by atoms with Crippen LogP contribution in [0.3, 0.4) is 0 Å².